The van der Waals surface area contributed by atoms with Crippen LogP contribution >= 0.6 is 0 Å². The Morgan fingerprint density at radius 2 is 1.96 bits per heavy atom. The Hall–Kier alpha value is -2.39. The lowest BCUT2D eigenvalue weighted by Crippen LogP contribution is -2.44. The minimum atomic E-state index is -3.34. The van der Waals surface area contributed by atoms with Crippen LogP contribution in [0.15, 0.2) is 35.1 Å². The molecule has 1 aliphatic rings. The maximum Gasteiger partial charge on any atom is 0.271 e. The number of aliphatic hydroxyl groups is 1. The fraction of sp³-hybridized carbons (Fsp3) is 0.444. The maximum atomic E-state index is 12.6. The first-order valence-electron chi connectivity index (χ1n) is 8.79. The minimum Gasteiger partial charge on any atom is -0.390 e. The minimum absolute atomic E-state index is 0.172. The van der Waals surface area contributed by atoms with E-state index < -0.39 is 22.0 Å². The van der Waals surface area contributed by atoms with Gasteiger partial charge in [0.05, 0.1) is 29.3 Å². The van der Waals surface area contributed by atoms with Crippen LogP contribution in [0.5, 0.6) is 0 Å². The summed E-state index contributed by atoms with van der Waals surface area (Å²) < 4.78 is 24.7. The topological polar surface area (TPSA) is 112 Å². The fourth-order valence-corrected chi connectivity index (χ4v) is 5.17. The van der Waals surface area contributed by atoms with Crippen LogP contribution in [0.1, 0.15) is 29.4 Å². The molecule has 2 N–H and O–H groups in total. The number of nitrogens with one attached hydrogen (secondary N) is 1. The van der Waals surface area contributed by atoms with Crippen molar-refractivity contribution < 1.29 is 18.3 Å². The normalized spacial score (nSPS) is 21.3. The van der Waals surface area contributed by atoms with Gasteiger partial charge in [0.2, 0.25) is 0 Å². The van der Waals surface area contributed by atoms with Crippen molar-refractivity contribution in [2.75, 3.05) is 18.6 Å². The number of hydrogen-bond donors (Lipinski definition) is 2. The van der Waals surface area contributed by atoms with Gasteiger partial charge >= 0.3 is 0 Å². The SMILES string of the molecule is CCCc1cc(=O)n(-c2ccc(C(=O)N(C)C3CS(=O)(=O)CC3O)cc2)[nH]1. The number of rotatable bonds is 5. The summed E-state index contributed by atoms with van der Waals surface area (Å²) in [5.41, 5.74) is 1.63. The zero-order valence-electron chi connectivity index (χ0n) is 15.3. The molecule has 0 aliphatic carbocycles. The molecule has 2 aromatic rings. The number of aryl methyl sites for hydroxylation is 1. The van der Waals surface area contributed by atoms with Crippen LogP contribution in [-0.4, -0.2) is 64.8 Å². The molecule has 1 aliphatic heterocycles. The molecule has 0 radical (unpaired) electrons. The Morgan fingerprint density at radius 3 is 2.52 bits per heavy atom. The molecule has 1 aromatic heterocycles. The average Bonchev–Trinajstić information content (AvgIpc) is 3.12. The first-order valence-corrected chi connectivity index (χ1v) is 10.6. The van der Waals surface area contributed by atoms with Gasteiger partial charge in [-0.15, -0.1) is 0 Å². The third-order valence-electron chi connectivity index (χ3n) is 4.78. The zero-order valence-corrected chi connectivity index (χ0v) is 16.1. The summed E-state index contributed by atoms with van der Waals surface area (Å²) in [4.78, 5) is 26.0. The summed E-state index contributed by atoms with van der Waals surface area (Å²) in [5, 5.41) is 13.0. The lowest BCUT2D eigenvalue weighted by molar-refractivity contribution is 0.0581. The molecule has 1 amide bonds. The number of benzene rings is 1. The predicted octanol–water partition coefficient (Wildman–Crippen LogP) is 0.348. The van der Waals surface area contributed by atoms with E-state index in [1.807, 2.05) is 6.92 Å². The quantitative estimate of drug-likeness (QED) is 0.761. The van der Waals surface area contributed by atoms with Gasteiger partial charge in [0.15, 0.2) is 9.84 Å². The van der Waals surface area contributed by atoms with Gasteiger partial charge in [-0.25, -0.2) is 13.1 Å². The van der Waals surface area contributed by atoms with Crippen molar-refractivity contribution in [2.45, 2.75) is 31.9 Å². The smallest absolute Gasteiger partial charge is 0.271 e. The van der Waals surface area contributed by atoms with Gasteiger partial charge in [0.25, 0.3) is 11.5 Å². The lowest BCUT2D eigenvalue weighted by Gasteiger charge is -2.26. The van der Waals surface area contributed by atoms with Crippen LogP contribution in [0.25, 0.3) is 5.69 Å². The Kier molecular flexibility index (Phi) is 5.25. The monoisotopic (exact) mass is 393 g/mol. The van der Waals surface area contributed by atoms with Crippen molar-refractivity contribution in [3.05, 3.63) is 51.9 Å². The molecule has 146 valence electrons. The van der Waals surface area contributed by atoms with E-state index in [9.17, 15) is 23.1 Å². The van der Waals surface area contributed by atoms with Gasteiger partial charge in [-0.2, -0.15) is 0 Å². The standard InChI is InChI=1S/C18H23N3O5S/c1-3-4-13-9-17(23)21(19-13)14-7-5-12(6-8-14)18(24)20(2)15-10-27(25,26)11-16(15)22/h5-9,15-16,19,22H,3-4,10-11H2,1-2H3. The fourth-order valence-electron chi connectivity index (χ4n) is 3.32. The number of amides is 1. The lowest BCUT2D eigenvalue weighted by atomic mass is 10.1. The van der Waals surface area contributed by atoms with E-state index in [1.165, 1.54) is 16.6 Å². The highest BCUT2D eigenvalue weighted by molar-refractivity contribution is 7.91. The molecular weight excluding hydrogens is 370 g/mol. The average molecular weight is 393 g/mol. The summed E-state index contributed by atoms with van der Waals surface area (Å²) in [6, 6.07) is 7.25. The van der Waals surface area contributed by atoms with Gasteiger partial charge in [-0.05, 0) is 30.7 Å². The molecule has 0 spiro atoms. The van der Waals surface area contributed by atoms with Crippen molar-refractivity contribution >= 4 is 15.7 Å². The Labute approximate surface area is 157 Å². The summed E-state index contributed by atoms with van der Waals surface area (Å²) in [6.07, 6.45) is 0.608. The Balaban J connectivity index is 1.79. The number of likely N-dealkylation sites (N-methyl/N-ethyl adjacent to an activating group) is 1. The van der Waals surface area contributed by atoms with E-state index in [-0.39, 0.29) is 23.0 Å². The molecule has 9 heteroatoms. The maximum absolute atomic E-state index is 12.6. The number of sulfone groups is 1. The van der Waals surface area contributed by atoms with Gasteiger partial charge in [-0.1, -0.05) is 13.3 Å². The van der Waals surface area contributed by atoms with Crippen LogP contribution in [-0.2, 0) is 16.3 Å². The summed E-state index contributed by atoms with van der Waals surface area (Å²) in [7, 11) is -1.86. The summed E-state index contributed by atoms with van der Waals surface area (Å²) in [5.74, 6) is -0.954. The first-order chi connectivity index (χ1) is 12.7. The molecule has 1 aromatic carbocycles. The van der Waals surface area contributed by atoms with Crippen molar-refractivity contribution in [1.82, 2.24) is 14.7 Å². The predicted molar refractivity (Wildman–Crippen MR) is 101 cm³/mol. The number of aliphatic hydroxyl groups excluding tert-OH is 1. The van der Waals surface area contributed by atoms with Crippen molar-refractivity contribution in [3.8, 4) is 5.69 Å². The van der Waals surface area contributed by atoms with E-state index >= 15 is 0 Å². The van der Waals surface area contributed by atoms with Crippen LogP contribution in [0.2, 0.25) is 0 Å². The van der Waals surface area contributed by atoms with E-state index in [4.69, 9.17) is 0 Å². The number of nitrogens with zero attached hydrogens (tertiary/aromatic N) is 2. The molecule has 1 fully saturated rings. The van der Waals surface area contributed by atoms with Gasteiger partial charge in [0.1, 0.15) is 0 Å². The number of aromatic amines is 1. The van der Waals surface area contributed by atoms with E-state index in [0.29, 0.717) is 11.3 Å². The second-order valence-corrected chi connectivity index (χ2v) is 9.03. The third-order valence-corrected chi connectivity index (χ3v) is 6.48. The summed E-state index contributed by atoms with van der Waals surface area (Å²) in [6.45, 7) is 2.03. The highest BCUT2D eigenvalue weighted by atomic mass is 32.2. The van der Waals surface area contributed by atoms with Crippen LogP contribution in [0, 0.1) is 0 Å². The van der Waals surface area contributed by atoms with Gasteiger partial charge < -0.3 is 10.0 Å². The van der Waals surface area contributed by atoms with Crippen LogP contribution in [0.3, 0.4) is 0 Å². The van der Waals surface area contributed by atoms with Crippen LogP contribution < -0.4 is 5.56 Å². The summed E-state index contributed by atoms with van der Waals surface area (Å²) >= 11 is 0. The van der Waals surface area contributed by atoms with Crippen molar-refractivity contribution in [1.29, 1.82) is 0 Å². The Morgan fingerprint density at radius 1 is 1.30 bits per heavy atom. The van der Waals surface area contributed by atoms with E-state index in [2.05, 4.69) is 5.10 Å². The highest BCUT2D eigenvalue weighted by Crippen LogP contribution is 2.20. The molecular formula is C18H23N3O5S. The van der Waals surface area contributed by atoms with E-state index in [1.54, 1.807) is 30.3 Å². The van der Waals surface area contributed by atoms with Crippen LogP contribution in [0.4, 0.5) is 0 Å². The van der Waals surface area contributed by atoms with Gasteiger partial charge in [-0.3, -0.25) is 14.7 Å². The third kappa shape index (κ3) is 3.98. The molecule has 3 rings (SSSR count). The second-order valence-electron chi connectivity index (χ2n) is 6.88. The molecule has 1 saturated heterocycles. The number of carbonyl (C=O) groups excluding carboxylic acids is 1. The number of aromatic nitrogens is 2. The molecule has 0 bridgehead atoms. The molecule has 2 atom stereocenters. The number of hydrogen-bond acceptors (Lipinski definition) is 5. The highest BCUT2D eigenvalue weighted by Gasteiger charge is 2.40. The largest absolute Gasteiger partial charge is 0.390 e. The molecule has 2 heterocycles. The van der Waals surface area contributed by atoms with Crippen molar-refractivity contribution in [3.63, 3.8) is 0 Å². The number of H-pyrrole nitrogens is 1. The van der Waals surface area contributed by atoms with Gasteiger partial charge in [0, 0.05) is 24.4 Å². The molecule has 27 heavy (non-hydrogen) atoms. The first kappa shape index (κ1) is 19.4. The molecule has 8 nitrogen and oxygen atoms in total. The molecule has 2 unspecified atom stereocenters. The Bertz CT molecular complexity index is 991. The second kappa shape index (κ2) is 7.32. The number of carbonyl (C=O) groups is 1. The molecule has 0 saturated carbocycles. The zero-order chi connectivity index (χ0) is 19.8. The van der Waals surface area contributed by atoms with Crippen molar-refractivity contribution in [2.24, 2.45) is 0 Å². The van der Waals surface area contributed by atoms with E-state index in [0.717, 1.165) is 18.5 Å².